The highest BCUT2D eigenvalue weighted by Crippen LogP contribution is 2.09. The molecule has 0 aromatic heterocycles. The van der Waals surface area contributed by atoms with Gasteiger partial charge in [-0.25, -0.2) is 4.21 Å². The van der Waals surface area contributed by atoms with Gasteiger partial charge in [-0.3, -0.25) is 0 Å². The first-order valence-electron chi connectivity index (χ1n) is 4.24. The molecule has 0 aromatic rings. The number of unbranched alkanes of at least 4 members (excludes halogenated alkanes) is 2. The van der Waals surface area contributed by atoms with Crippen molar-refractivity contribution in [2.75, 3.05) is 5.75 Å². The van der Waals surface area contributed by atoms with Crippen molar-refractivity contribution in [1.82, 2.24) is 0 Å². The molecule has 0 saturated carbocycles. The van der Waals surface area contributed by atoms with Crippen LogP contribution >= 0.6 is 0 Å². The lowest BCUT2D eigenvalue weighted by Gasteiger charge is -2.06. The monoisotopic (exact) mass is 178 g/mol. The van der Waals surface area contributed by atoms with Crippen molar-refractivity contribution in [1.29, 1.82) is 0 Å². The van der Waals surface area contributed by atoms with Crippen molar-refractivity contribution in [3.05, 3.63) is 0 Å². The van der Waals surface area contributed by atoms with E-state index in [1.54, 1.807) is 0 Å². The minimum atomic E-state index is -1.60. The first-order valence-corrected chi connectivity index (χ1v) is 5.51. The summed E-state index contributed by atoms with van der Waals surface area (Å²) < 4.78 is 18.9. The second-order valence-electron chi connectivity index (χ2n) is 3.09. The molecule has 0 aliphatic rings. The van der Waals surface area contributed by atoms with Crippen molar-refractivity contribution in [3.8, 4) is 0 Å². The Balaban J connectivity index is 3.22. The molecule has 0 aromatic carbocycles. The zero-order valence-electron chi connectivity index (χ0n) is 7.38. The Labute approximate surface area is 71.7 Å². The molecule has 2 atom stereocenters. The Hall–Kier alpha value is 0.110. The molecule has 0 amide bonds. The third-order valence-corrected chi connectivity index (χ3v) is 2.58. The molecule has 2 nitrogen and oxygen atoms in total. The van der Waals surface area contributed by atoms with Crippen molar-refractivity contribution < 1.29 is 8.76 Å². The maximum Gasteiger partial charge on any atom is 0.153 e. The van der Waals surface area contributed by atoms with Gasteiger partial charge in [0.15, 0.2) is 11.1 Å². The van der Waals surface area contributed by atoms with Gasteiger partial charge in [0, 0.05) is 0 Å². The predicted octanol–water partition coefficient (Wildman–Crippen LogP) is 2.42. The van der Waals surface area contributed by atoms with Gasteiger partial charge in [-0.05, 0) is 12.3 Å². The van der Waals surface area contributed by atoms with Gasteiger partial charge in [0.2, 0.25) is 0 Å². The van der Waals surface area contributed by atoms with Crippen LogP contribution in [0.15, 0.2) is 0 Å². The fraction of sp³-hybridized carbons (Fsp3) is 1.00. The molecular weight excluding hydrogens is 160 g/mol. The summed E-state index contributed by atoms with van der Waals surface area (Å²) in [4.78, 5) is 0. The largest absolute Gasteiger partial charge is 0.306 e. The lowest BCUT2D eigenvalue weighted by atomic mass is 10.1. The van der Waals surface area contributed by atoms with E-state index in [0.29, 0.717) is 11.7 Å². The fourth-order valence-corrected chi connectivity index (χ4v) is 1.72. The minimum Gasteiger partial charge on any atom is -0.306 e. The van der Waals surface area contributed by atoms with E-state index >= 15 is 0 Å². The van der Waals surface area contributed by atoms with Gasteiger partial charge in [-0.15, -0.1) is 0 Å². The zero-order chi connectivity index (χ0) is 8.69. The van der Waals surface area contributed by atoms with Crippen LogP contribution in [0.25, 0.3) is 0 Å². The third-order valence-electron chi connectivity index (χ3n) is 1.73. The first kappa shape index (κ1) is 11.1. The van der Waals surface area contributed by atoms with E-state index in [1.807, 2.05) is 6.92 Å². The molecule has 0 aliphatic carbocycles. The van der Waals surface area contributed by atoms with E-state index in [-0.39, 0.29) is 0 Å². The molecule has 2 unspecified atom stereocenters. The van der Waals surface area contributed by atoms with Gasteiger partial charge in [0.25, 0.3) is 0 Å². The van der Waals surface area contributed by atoms with Crippen LogP contribution in [0.2, 0.25) is 0 Å². The fourth-order valence-electron chi connectivity index (χ4n) is 1.07. The summed E-state index contributed by atoms with van der Waals surface area (Å²) in [5, 5.41) is 0. The highest BCUT2D eigenvalue weighted by Gasteiger charge is 2.04. The summed E-state index contributed by atoms with van der Waals surface area (Å²) in [5.41, 5.74) is 0. The van der Waals surface area contributed by atoms with Crippen LogP contribution in [0, 0.1) is 5.92 Å². The van der Waals surface area contributed by atoms with Gasteiger partial charge in [-0.2, -0.15) is 0 Å². The zero-order valence-corrected chi connectivity index (χ0v) is 8.19. The standard InChI is InChI=1S/C8H18O2S/c1-3-4-5-6-8(2)7-11(9)10/h8H,3-7H2,1-2H3,(H,9,10). The first-order chi connectivity index (χ1) is 5.16. The van der Waals surface area contributed by atoms with Crippen molar-refractivity contribution in [3.63, 3.8) is 0 Å². The van der Waals surface area contributed by atoms with Gasteiger partial charge in [-0.1, -0.05) is 33.1 Å². The van der Waals surface area contributed by atoms with E-state index < -0.39 is 11.1 Å². The molecule has 0 radical (unpaired) electrons. The summed E-state index contributed by atoms with van der Waals surface area (Å²) in [6.07, 6.45) is 4.73. The van der Waals surface area contributed by atoms with E-state index in [9.17, 15) is 4.21 Å². The molecule has 68 valence electrons. The van der Waals surface area contributed by atoms with Gasteiger partial charge in [0.05, 0.1) is 5.75 Å². The second-order valence-corrected chi connectivity index (χ2v) is 4.07. The quantitative estimate of drug-likeness (QED) is 0.501. The molecule has 0 rings (SSSR count). The molecular formula is C8H18O2S. The van der Waals surface area contributed by atoms with Crippen molar-refractivity contribution >= 4 is 11.1 Å². The summed E-state index contributed by atoms with van der Waals surface area (Å²) >= 11 is -1.60. The van der Waals surface area contributed by atoms with Crippen LogP contribution in [-0.2, 0) is 11.1 Å². The van der Waals surface area contributed by atoms with E-state index in [2.05, 4.69) is 6.92 Å². The van der Waals surface area contributed by atoms with Gasteiger partial charge >= 0.3 is 0 Å². The van der Waals surface area contributed by atoms with Gasteiger partial charge in [0.1, 0.15) is 0 Å². The highest BCUT2D eigenvalue weighted by atomic mass is 32.2. The molecule has 3 heteroatoms. The number of hydrogen-bond acceptors (Lipinski definition) is 1. The topological polar surface area (TPSA) is 37.3 Å². The molecule has 0 bridgehead atoms. The Morgan fingerprint density at radius 2 is 2.09 bits per heavy atom. The van der Waals surface area contributed by atoms with Crippen LogP contribution in [0.3, 0.4) is 0 Å². The average molecular weight is 178 g/mol. The SMILES string of the molecule is CCCCCC(C)CS(=O)O. The number of hydrogen-bond donors (Lipinski definition) is 1. The maximum absolute atomic E-state index is 10.4. The van der Waals surface area contributed by atoms with E-state index in [0.717, 1.165) is 6.42 Å². The molecule has 1 N–H and O–H groups in total. The lowest BCUT2D eigenvalue weighted by Crippen LogP contribution is -2.06. The summed E-state index contributed by atoms with van der Waals surface area (Å²) in [6, 6.07) is 0. The van der Waals surface area contributed by atoms with Crippen molar-refractivity contribution in [2.24, 2.45) is 5.92 Å². The Bertz CT molecular complexity index is 115. The molecule has 0 saturated heterocycles. The summed E-state index contributed by atoms with van der Waals surface area (Å²) in [6.45, 7) is 4.19. The Morgan fingerprint density at radius 1 is 1.45 bits per heavy atom. The Kier molecular flexibility index (Phi) is 6.87. The second kappa shape index (κ2) is 6.80. The van der Waals surface area contributed by atoms with Crippen LogP contribution in [0.5, 0.6) is 0 Å². The molecule has 0 aliphatic heterocycles. The highest BCUT2D eigenvalue weighted by molar-refractivity contribution is 7.79. The molecule has 0 heterocycles. The van der Waals surface area contributed by atoms with Crippen LogP contribution in [-0.4, -0.2) is 14.5 Å². The van der Waals surface area contributed by atoms with Crippen LogP contribution in [0.4, 0.5) is 0 Å². The Morgan fingerprint density at radius 3 is 2.55 bits per heavy atom. The maximum atomic E-state index is 10.4. The number of rotatable bonds is 6. The molecule has 0 spiro atoms. The van der Waals surface area contributed by atoms with E-state index in [1.165, 1.54) is 19.3 Å². The normalized spacial score (nSPS) is 16.3. The van der Waals surface area contributed by atoms with Crippen LogP contribution in [0.1, 0.15) is 39.5 Å². The molecule has 0 fully saturated rings. The van der Waals surface area contributed by atoms with Crippen LogP contribution < -0.4 is 0 Å². The minimum absolute atomic E-state index is 0.396. The van der Waals surface area contributed by atoms with E-state index in [4.69, 9.17) is 4.55 Å². The summed E-state index contributed by atoms with van der Waals surface area (Å²) in [7, 11) is 0. The third kappa shape index (κ3) is 8.01. The lowest BCUT2D eigenvalue weighted by molar-refractivity contribution is 0.508. The molecule has 11 heavy (non-hydrogen) atoms. The average Bonchev–Trinajstić information content (AvgIpc) is 1.86. The van der Waals surface area contributed by atoms with Gasteiger partial charge < -0.3 is 4.55 Å². The van der Waals surface area contributed by atoms with Crippen molar-refractivity contribution in [2.45, 2.75) is 39.5 Å². The smallest absolute Gasteiger partial charge is 0.153 e. The summed E-state index contributed by atoms with van der Waals surface area (Å²) in [5.74, 6) is 0.830. The predicted molar refractivity (Wildman–Crippen MR) is 48.9 cm³/mol.